The molecule has 0 aromatic heterocycles. The summed E-state index contributed by atoms with van der Waals surface area (Å²) in [5.41, 5.74) is 1.06. The predicted molar refractivity (Wildman–Crippen MR) is 240 cm³/mol. The van der Waals surface area contributed by atoms with E-state index in [9.17, 15) is 8.42 Å². The first kappa shape index (κ1) is 49.7. The molecule has 0 saturated carbocycles. The Hall–Kier alpha value is -0.679. The van der Waals surface area contributed by atoms with Crippen molar-refractivity contribution in [3.8, 4) is 0 Å². The Morgan fingerprint density at radius 3 is 2.00 bits per heavy atom. The number of rotatable bonds is 21. The smallest absolute Gasteiger partial charge is 0.192 e. The molecule has 8 nitrogen and oxygen atoms in total. The van der Waals surface area contributed by atoms with Gasteiger partial charge in [-0.1, -0.05) is 94.0 Å². The van der Waals surface area contributed by atoms with Gasteiger partial charge in [0.1, 0.15) is 0 Å². The number of benzene rings is 1. The van der Waals surface area contributed by atoms with E-state index >= 15 is 0 Å². The Kier molecular flexibility index (Phi) is 18.0. The van der Waals surface area contributed by atoms with Crippen LogP contribution < -0.4 is 0 Å². The van der Waals surface area contributed by atoms with Crippen molar-refractivity contribution in [2.24, 2.45) is 11.8 Å². The minimum Gasteiger partial charge on any atom is -0.417 e. The van der Waals surface area contributed by atoms with Crippen LogP contribution in [0.2, 0.25) is 54.4 Å². The summed E-state index contributed by atoms with van der Waals surface area (Å²) in [6, 6.07) is 12.2. The first-order valence-corrected chi connectivity index (χ1v) is 31.6. The van der Waals surface area contributed by atoms with E-state index < -0.39 is 52.9 Å². The highest BCUT2D eigenvalue weighted by Gasteiger charge is 2.50. The molecule has 56 heavy (non-hydrogen) atoms. The van der Waals surface area contributed by atoms with Crippen LogP contribution in [-0.4, -0.2) is 96.1 Å². The molecule has 1 aromatic carbocycles. The van der Waals surface area contributed by atoms with Crippen molar-refractivity contribution in [1.29, 1.82) is 0 Å². The fourth-order valence-electron chi connectivity index (χ4n) is 7.83. The lowest BCUT2D eigenvalue weighted by molar-refractivity contribution is -0.0759. The van der Waals surface area contributed by atoms with Crippen molar-refractivity contribution in [2.45, 2.75) is 197 Å². The van der Waals surface area contributed by atoms with E-state index in [1.807, 2.05) is 6.07 Å². The third-order valence-corrected chi connectivity index (χ3v) is 29.6. The van der Waals surface area contributed by atoms with Crippen molar-refractivity contribution < 1.29 is 35.9 Å². The minimum absolute atomic E-state index is 0.000640. The van der Waals surface area contributed by atoms with Crippen molar-refractivity contribution in [1.82, 2.24) is 0 Å². The molecule has 2 heterocycles. The van der Waals surface area contributed by atoms with Gasteiger partial charge < -0.3 is 27.5 Å². The predicted octanol–water partition coefficient (Wildman–Crippen LogP) is 11.2. The summed E-state index contributed by atoms with van der Waals surface area (Å²) in [6.07, 6.45) is 2.22. The fourth-order valence-corrected chi connectivity index (χ4v) is 14.6. The molecular weight excluding hydrogens is 773 g/mol. The zero-order chi connectivity index (χ0) is 42.3. The molecule has 1 aromatic rings. The molecule has 0 amide bonds. The van der Waals surface area contributed by atoms with Gasteiger partial charge in [-0.3, -0.25) is 0 Å². The zero-order valence-electron chi connectivity index (χ0n) is 38.2. The second-order valence-electron chi connectivity index (χ2n) is 19.9. The highest BCUT2D eigenvalue weighted by atomic mass is 32.2. The van der Waals surface area contributed by atoms with Crippen LogP contribution in [0.25, 0.3) is 0 Å². The molecule has 2 aliphatic heterocycles. The monoisotopic (exact) mass is 855 g/mol. The zero-order valence-corrected chi connectivity index (χ0v) is 42.0. The lowest BCUT2D eigenvalue weighted by Gasteiger charge is -2.42. The van der Waals surface area contributed by atoms with E-state index in [0.717, 1.165) is 49.6 Å². The van der Waals surface area contributed by atoms with Crippen LogP contribution in [0.15, 0.2) is 47.4 Å². The molecule has 0 spiro atoms. The van der Waals surface area contributed by atoms with Crippen LogP contribution >= 0.6 is 0 Å². The largest absolute Gasteiger partial charge is 0.417 e. The van der Waals surface area contributed by atoms with Crippen LogP contribution in [-0.2, 0) is 37.3 Å². The normalized spacial score (nSPS) is 26.5. The standard InChI is InChI=1S/C44H82O8SSi3/c1-17-56(18-2,19-3)48-27-23-24-35-28-33(4)34(5)39(50-35)30-40-38(32-53(45,46)37-25-21-20-22-26-37)42(47-12)41(51-40)29-36(52-55(15,16)44(9,10)11)31-49-54(13,14)43(6,7)8/h20-22,25-26,33,35-36,38-42H,5,17-19,23-24,27-32H2,1-4,6-16H3/t33?,35?,36?,38?,39?,40?,41-,42-/m1/s1. The van der Waals surface area contributed by atoms with Crippen molar-refractivity contribution in [3.05, 3.63) is 42.5 Å². The van der Waals surface area contributed by atoms with Gasteiger partial charge in [-0.15, -0.1) is 0 Å². The quantitative estimate of drug-likeness (QED) is 0.0686. The highest BCUT2D eigenvalue weighted by Crippen LogP contribution is 2.43. The molecular formula is C44H82O8SSi3. The van der Waals surface area contributed by atoms with E-state index in [0.29, 0.717) is 24.3 Å². The summed E-state index contributed by atoms with van der Waals surface area (Å²) in [5.74, 6) is -0.217. The first-order chi connectivity index (χ1) is 25.9. The maximum absolute atomic E-state index is 14.1. The average molecular weight is 855 g/mol. The molecule has 8 atom stereocenters. The lowest BCUT2D eigenvalue weighted by atomic mass is 9.83. The van der Waals surface area contributed by atoms with Crippen LogP contribution in [0, 0.1) is 11.8 Å². The fraction of sp³-hybridized carbons (Fsp3) is 0.818. The van der Waals surface area contributed by atoms with E-state index in [-0.39, 0.29) is 46.2 Å². The van der Waals surface area contributed by atoms with Crippen LogP contribution in [0.4, 0.5) is 0 Å². The van der Waals surface area contributed by atoms with Gasteiger partial charge in [0.2, 0.25) is 0 Å². The summed E-state index contributed by atoms with van der Waals surface area (Å²) in [4.78, 5) is 0.314. The summed E-state index contributed by atoms with van der Waals surface area (Å²) in [6.45, 7) is 37.4. The van der Waals surface area contributed by atoms with Gasteiger partial charge >= 0.3 is 0 Å². The van der Waals surface area contributed by atoms with E-state index in [4.69, 9.17) is 27.5 Å². The first-order valence-electron chi connectivity index (χ1n) is 21.6. The Balaban J connectivity index is 1.92. The van der Waals surface area contributed by atoms with Crippen molar-refractivity contribution in [2.75, 3.05) is 26.1 Å². The lowest BCUT2D eigenvalue weighted by Crippen LogP contribution is -2.49. The van der Waals surface area contributed by atoms with Crippen molar-refractivity contribution >= 4 is 34.8 Å². The molecule has 0 aliphatic carbocycles. The Morgan fingerprint density at radius 1 is 0.875 bits per heavy atom. The number of hydrogen-bond acceptors (Lipinski definition) is 8. The molecule has 0 N–H and O–H groups in total. The Morgan fingerprint density at radius 2 is 1.46 bits per heavy atom. The number of hydrogen-bond donors (Lipinski definition) is 0. The number of sulfone groups is 1. The molecule has 3 rings (SSSR count). The van der Waals surface area contributed by atoms with Crippen LogP contribution in [0.5, 0.6) is 0 Å². The highest BCUT2D eigenvalue weighted by molar-refractivity contribution is 7.91. The van der Waals surface area contributed by atoms with Crippen molar-refractivity contribution in [3.63, 3.8) is 0 Å². The summed E-state index contributed by atoms with van der Waals surface area (Å²) in [7, 11) is -7.92. The molecule has 2 fully saturated rings. The van der Waals surface area contributed by atoms with E-state index in [2.05, 4.69) is 102 Å². The second-order valence-corrected chi connectivity index (χ2v) is 36.3. The Labute approximate surface area is 346 Å². The van der Waals surface area contributed by atoms with Crippen LogP contribution in [0.3, 0.4) is 0 Å². The third-order valence-electron chi connectivity index (χ3n) is 14.1. The van der Waals surface area contributed by atoms with Gasteiger partial charge in [-0.05, 0) is 97.3 Å². The second kappa shape index (κ2) is 20.3. The summed E-state index contributed by atoms with van der Waals surface area (Å²) in [5, 5.41) is 0.0477. The van der Waals surface area contributed by atoms with Gasteiger partial charge in [-0.25, -0.2) is 8.42 Å². The van der Waals surface area contributed by atoms with Gasteiger partial charge in [-0.2, -0.15) is 0 Å². The topological polar surface area (TPSA) is 89.5 Å². The van der Waals surface area contributed by atoms with Gasteiger partial charge in [0.05, 0.1) is 53.9 Å². The van der Waals surface area contributed by atoms with Gasteiger partial charge in [0.25, 0.3) is 0 Å². The number of ether oxygens (including phenoxy) is 3. The maximum atomic E-state index is 14.1. The van der Waals surface area contributed by atoms with Gasteiger partial charge in [0.15, 0.2) is 34.8 Å². The molecule has 324 valence electrons. The molecule has 2 saturated heterocycles. The molecule has 6 unspecified atom stereocenters. The molecule has 0 bridgehead atoms. The summed E-state index contributed by atoms with van der Waals surface area (Å²) < 4.78 is 68.9. The van der Waals surface area contributed by atoms with E-state index in [1.54, 1.807) is 31.4 Å². The third kappa shape index (κ3) is 12.9. The SMILES string of the molecule is C=C1C(C)CC(CCCO[Si](CC)(CC)CC)OC1CC1O[C@H](CC(CO[Si](C)(C)C(C)(C)C)O[Si](C)(C)C(C)(C)C)[C@H](OC)C1CS(=O)(=O)c1ccccc1. The molecule has 2 aliphatic rings. The molecule has 0 radical (unpaired) electrons. The Bertz CT molecular complexity index is 1460. The van der Waals surface area contributed by atoms with Crippen LogP contribution in [0.1, 0.15) is 101 Å². The minimum atomic E-state index is -3.65. The van der Waals surface area contributed by atoms with E-state index in [1.165, 1.54) is 0 Å². The molecule has 12 heteroatoms. The summed E-state index contributed by atoms with van der Waals surface area (Å²) >= 11 is 0. The maximum Gasteiger partial charge on any atom is 0.192 e. The average Bonchev–Trinajstić information content (AvgIpc) is 3.42. The van der Waals surface area contributed by atoms with Gasteiger partial charge in [0, 0.05) is 32.5 Å². The number of methoxy groups -OCH3 is 1.